The quantitative estimate of drug-likeness (QED) is 0.282. The maximum absolute atomic E-state index is 13.4. The lowest BCUT2D eigenvalue weighted by Crippen LogP contribution is -2.43. The molecule has 9 heteroatoms. The fraction of sp³-hybridized carbons (Fsp3) is 0.485. The Morgan fingerprint density at radius 3 is 2.36 bits per heavy atom. The molecule has 2 amide bonds. The second kappa shape index (κ2) is 12.8. The predicted octanol–water partition coefficient (Wildman–Crippen LogP) is 7.17. The smallest absolute Gasteiger partial charge is 0.242 e. The molecule has 0 bridgehead atoms. The lowest BCUT2D eigenvalue weighted by atomic mass is 9.76. The first kappa shape index (κ1) is 29.9. The number of hydrogen-bond acceptors (Lipinski definition) is 3. The SMILES string of the molecule is Cc1cccn1CC(=O)N1CCC(CC(=O)N2CCC([C@H]3c4ncc(Br)cc4CCc4cc(Cl)cc(Br)c43)CC2)CC1. The van der Waals surface area contributed by atoms with Crippen LogP contribution in [0.3, 0.4) is 0 Å². The van der Waals surface area contributed by atoms with Gasteiger partial charge in [0.15, 0.2) is 0 Å². The van der Waals surface area contributed by atoms with Crippen LogP contribution in [-0.2, 0) is 29.0 Å². The average Bonchev–Trinajstić information content (AvgIpc) is 3.30. The number of likely N-dealkylation sites (tertiary alicyclic amines) is 2. The van der Waals surface area contributed by atoms with Gasteiger partial charge in [0.05, 0.1) is 5.69 Å². The zero-order valence-corrected chi connectivity index (χ0v) is 27.9. The highest BCUT2D eigenvalue weighted by atomic mass is 79.9. The van der Waals surface area contributed by atoms with Crippen molar-refractivity contribution in [2.75, 3.05) is 26.2 Å². The Hall–Kier alpha value is -2.16. The van der Waals surface area contributed by atoms with Crippen LogP contribution in [0.25, 0.3) is 0 Å². The minimum atomic E-state index is 0.165. The highest BCUT2D eigenvalue weighted by Crippen LogP contribution is 2.46. The van der Waals surface area contributed by atoms with Gasteiger partial charge in [-0.3, -0.25) is 14.6 Å². The summed E-state index contributed by atoms with van der Waals surface area (Å²) in [6, 6.07) is 10.3. The Bertz CT molecular complexity index is 1470. The van der Waals surface area contributed by atoms with Crippen LogP contribution >= 0.6 is 43.5 Å². The first-order valence-electron chi connectivity index (χ1n) is 15.1. The van der Waals surface area contributed by atoms with Crippen LogP contribution in [0.15, 0.2) is 51.7 Å². The Balaban J connectivity index is 1.07. The monoisotopic (exact) mass is 714 g/mol. The van der Waals surface area contributed by atoms with Crippen LogP contribution in [0.5, 0.6) is 0 Å². The Morgan fingerprint density at radius 2 is 1.64 bits per heavy atom. The van der Waals surface area contributed by atoms with E-state index in [1.54, 1.807) is 0 Å². The number of benzene rings is 1. The predicted molar refractivity (Wildman–Crippen MR) is 173 cm³/mol. The van der Waals surface area contributed by atoms with E-state index in [0.717, 1.165) is 90.1 Å². The third-order valence-electron chi connectivity index (χ3n) is 9.57. The number of nitrogens with zero attached hydrogens (tertiary/aromatic N) is 4. The summed E-state index contributed by atoms with van der Waals surface area (Å²) in [7, 11) is 0. The Labute approximate surface area is 270 Å². The number of carbonyl (C=O) groups is 2. The van der Waals surface area contributed by atoms with Gasteiger partial charge < -0.3 is 14.4 Å². The molecule has 42 heavy (non-hydrogen) atoms. The summed E-state index contributed by atoms with van der Waals surface area (Å²) in [5.74, 6) is 1.34. The second-order valence-electron chi connectivity index (χ2n) is 12.2. The number of halogens is 3. The number of carbonyl (C=O) groups excluding carboxylic acids is 2. The van der Waals surface area contributed by atoms with Crippen molar-refractivity contribution in [2.45, 2.75) is 64.3 Å². The number of piperidine rings is 2. The van der Waals surface area contributed by atoms with Crippen molar-refractivity contribution >= 4 is 55.3 Å². The minimum Gasteiger partial charge on any atom is -0.343 e. The van der Waals surface area contributed by atoms with Crippen LogP contribution in [0.1, 0.15) is 66.1 Å². The van der Waals surface area contributed by atoms with E-state index in [9.17, 15) is 9.59 Å². The molecule has 0 saturated carbocycles. The average molecular weight is 717 g/mol. The molecular weight excluding hydrogens is 680 g/mol. The first-order chi connectivity index (χ1) is 20.3. The van der Waals surface area contributed by atoms with Gasteiger partial charge in [0.25, 0.3) is 0 Å². The summed E-state index contributed by atoms with van der Waals surface area (Å²) in [6.07, 6.45) is 10.0. The normalized spacial score (nSPS) is 19.8. The fourth-order valence-electron chi connectivity index (χ4n) is 7.20. The molecule has 2 saturated heterocycles. The van der Waals surface area contributed by atoms with Gasteiger partial charge in [0.2, 0.25) is 11.8 Å². The lowest BCUT2D eigenvalue weighted by Gasteiger charge is -2.38. The Morgan fingerprint density at radius 1 is 0.952 bits per heavy atom. The molecule has 1 atom stereocenters. The number of rotatable bonds is 5. The summed E-state index contributed by atoms with van der Waals surface area (Å²) in [5, 5.41) is 0.756. The van der Waals surface area contributed by atoms with Gasteiger partial charge in [0, 0.05) is 70.6 Å². The number of aryl methyl sites for hydroxylation is 3. The maximum atomic E-state index is 13.4. The molecule has 1 aromatic carbocycles. The molecule has 0 unspecified atom stereocenters. The molecule has 0 spiro atoms. The molecule has 4 heterocycles. The van der Waals surface area contributed by atoms with E-state index < -0.39 is 0 Å². The topological polar surface area (TPSA) is 58.4 Å². The van der Waals surface area contributed by atoms with Gasteiger partial charge in [0.1, 0.15) is 6.54 Å². The molecule has 222 valence electrons. The van der Waals surface area contributed by atoms with E-state index >= 15 is 0 Å². The van der Waals surface area contributed by atoms with E-state index in [0.29, 0.717) is 24.8 Å². The fourth-order valence-corrected chi connectivity index (χ4v) is 8.70. The van der Waals surface area contributed by atoms with Crippen molar-refractivity contribution in [3.63, 3.8) is 0 Å². The van der Waals surface area contributed by atoms with Gasteiger partial charge >= 0.3 is 0 Å². The zero-order chi connectivity index (χ0) is 29.4. The van der Waals surface area contributed by atoms with Crippen molar-refractivity contribution in [3.8, 4) is 0 Å². The third-order valence-corrected chi connectivity index (χ3v) is 10.9. The van der Waals surface area contributed by atoms with Crippen molar-refractivity contribution in [1.29, 1.82) is 0 Å². The molecule has 3 aliphatic rings. The van der Waals surface area contributed by atoms with Crippen LogP contribution in [0.4, 0.5) is 0 Å². The van der Waals surface area contributed by atoms with E-state index in [4.69, 9.17) is 16.6 Å². The summed E-state index contributed by atoms with van der Waals surface area (Å²) in [6.45, 7) is 5.44. The van der Waals surface area contributed by atoms with Crippen LogP contribution in [0, 0.1) is 18.8 Å². The molecule has 3 aromatic rings. The van der Waals surface area contributed by atoms with Gasteiger partial charge in [-0.2, -0.15) is 0 Å². The molecule has 2 aromatic heterocycles. The van der Waals surface area contributed by atoms with Crippen molar-refractivity contribution in [1.82, 2.24) is 19.4 Å². The first-order valence-corrected chi connectivity index (χ1v) is 17.0. The molecule has 2 fully saturated rings. The maximum Gasteiger partial charge on any atom is 0.242 e. The highest BCUT2D eigenvalue weighted by Gasteiger charge is 2.37. The summed E-state index contributed by atoms with van der Waals surface area (Å²) < 4.78 is 4.06. The van der Waals surface area contributed by atoms with Gasteiger partial charge in [-0.05, 0) is 120 Å². The highest BCUT2D eigenvalue weighted by molar-refractivity contribution is 9.10. The van der Waals surface area contributed by atoms with Crippen LogP contribution in [-0.4, -0.2) is 57.3 Å². The molecule has 2 aliphatic heterocycles. The molecule has 0 radical (unpaired) electrons. The van der Waals surface area contributed by atoms with Gasteiger partial charge in [-0.25, -0.2) is 0 Å². The van der Waals surface area contributed by atoms with Gasteiger partial charge in [-0.15, -0.1) is 0 Å². The van der Waals surface area contributed by atoms with Crippen LogP contribution < -0.4 is 0 Å². The number of hydrogen-bond donors (Lipinski definition) is 0. The van der Waals surface area contributed by atoms with E-state index in [1.807, 2.05) is 47.0 Å². The number of fused-ring (bicyclic) bond motifs is 2. The summed E-state index contributed by atoms with van der Waals surface area (Å²) in [4.78, 5) is 35.2. The molecule has 0 N–H and O–H groups in total. The van der Waals surface area contributed by atoms with Gasteiger partial charge in [-0.1, -0.05) is 27.5 Å². The molecule has 1 aliphatic carbocycles. The zero-order valence-electron chi connectivity index (χ0n) is 24.0. The van der Waals surface area contributed by atoms with E-state index in [1.165, 1.54) is 16.7 Å². The Kier molecular flexibility index (Phi) is 9.13. The third kappa shape index (κ3) is 6.36. The lowest BCUT2D eigenvalue weighted by molar-refractivity contribution is -0.135. The van der Waals surface area contributed by atoms with Crippen molar-refractivity contribution in [3.05, 3.63) is 84.8 Å². The molecule has 6 nitrogen and oxygen atoms in total. The number of aromatic nitrogens is 2. The van der Waals surface area contributed by atoms with Crippen molar-refractivity contribution < 1.29 is 9.59 Å². The summed E-state index contributed by atoms with van der Waals surface area (Å²) >= 11 is 14.0. The second-order valence-corrected chi connectivity index (χ2v) is 14.4. The summed E-state index contributed by atoms with van der Waals surface area (Å²) in [5.41, 5.74) is 6.16. The van der Waals surface area contributed by atoms with Crippen LogP contribution in [0.2, 0.25) is 5.02 Å². The van der Waals surface area contributed by atoms with E-state index in [2.05, 4.69) is 48.9 Å². The minimum absolute atomic E-state index is 0.165. The number of pyridine rings is 1. The van der Waals surface area contributed by atoms with Crippen molar-refractivity contribution in [2.24, 2.45) is 11.8 Å². The number of amides is 2. The molecular formula is C33H37Br2ClN4O2. The standard InChI is InChI=1S/C33H37Br2ClN4O2/c1-21-3-2-10-40(21)20-30(42)39-11-6-22(7-12-39)15-29(41)38-13-8-23(9-14-38)32-31-24(17-27(36)18-28(31)35)4-5-25-16-26(34)19-37-33(25)32/h2-3,10,16-19,22-23,32H,4-9,11-15,20H2,1H3/t32-/m1/s1. The molecule has 6 rings (SSSR count). The van der Waals surface area contributed by atoms with E-state index in [-0.39, 0.29) is 17.7 Å². The largest absolute Gasteiger partial charge is 0.343 e.